The van der Waals surface area contributed by atoms with Crippen molar-refractivity contribution in [3.05, 3.63) is 53.6 Å². The number of nitrogens with two attached hydrogens (primary N) is 1. The Morgan fingerprint density at radius 2 is 2.29 bits per heavy atom. The number of rotatable bonds is 4. The lowest BCUT2D eigenvalue weighted by atomic mass is 10.1. The molecule has 0 saturated carbocycles. The normalized spacial score (nSPS) is 10.4. The Balaban J connectivity index is 2.24. The number of nitrogens with zero attached hydrogens (tertiary/aromatic N) is 2. The molecule has 17 heavy (non-hydrogen) atoms. The molecule has 88 valence electrons. The molecule has 0 amide bonds. The Morgan fingerprint density at radius 1 is 1.47 bits per heavy atom. The van der Waals surface area contributed by atoms with Crippen LogP contribution in [-0.2, 0) is 13.0 Å². The first-order valence-electron chi connectivity index (χ1n) is 5.59. The first-order chi connectivity index (χ1) is 8.20. The van der Waals surface area contributed by atoms with E-state index in [4.69, 9.17) is 18.0 Å². The number of aromatic nitrogens is 2. The van der Waals surface area contributed by atoms with Gasteiger partial charge in [0.2, 0.25) is 0 Å². The molecular weight excluding hydrogens is 230 g/mol. The molecular formula is C13H15N3S. The zero-order chi connectivity index (χ0) is 12.3. The number of hydrogen-bond donors (Lipinski definition) is 1. The summed E-state index contributed by atoms with van der Waals surface area (Å²) in [5.41, 5.74) is 7.72. The molecule has 1 heterocycles. The largest absolute Gasteiger partial charge is 0.389 e. The van der Waals surface area contributed by atoms with Gasteiger partial charge in [0.15, 0.2) is 0 Å². The third-order valence-corrected chi connectivity index (χ3v) is 2.92. The summed E-state index contributed by atoms with van der Waals surface area (Å²) in [5.74, 6) is 1.09. The summed E-state index contributed by atoms with van der Waals surface area (Å²) in [6.07, 6.45) is 4.75. The van der Waals surface area contributed by atoms with Gasteiger partial charge in [0.25, 0.3) is 0 Å². The molecule has 4 heteroatoms. The van der Waals surface area contributed by atoms with Crippen LogP contribution < -0.4 is 5.73 Å². The van der Waals surface area contributed by atoms with Gasteiger partial charge in [-0.05, 0) is 11.6 Å². The third-order valence-electron chi connectivity index (χ3n) is 2.68. The van der Waals surface area contributed by atoms with Crippen molar-refractivity contribution >= 4 is 17.2 Å². The van der Waals surface area contributed by atoms with Gasteiger partial charge in [0.05, 0.1) is 0 Å². The number of hydrogen-bond acceptors (Lipinski definition) is 2. The zero-order valence-corrected chi connectivity index (χ0v) is 10.6. The van der Waals surface area contributed by atoms with Crippen LogP contribution >= 0.6 is 12.2 Å². The lowest BCUT2D eigenvalue weighted by molar-refractivity contribution is 0.732. The molecule has 0 spiro atoms. The molecule has 0 bridgehead atoms. The summed E-state index contributed by atoms with van der Waals surface area (Å²) in [6.45, 7) is 2.91. The van der Waals surface area contributed by atoms with E-state index < -0.39 is 0 Å². The van der Waals surface area contributed by atoms with Gasteiger partial charge in [-0.1, -0.05) is 37.3 Å². The van der Waals surface area contributed by atoms with E-state index in [-0.39, 0.29) is 0 Å². The van der Waals surface area contributed by atoms with Gasteiger partial charge in [0.1, 0.15) is 10.8 Å². The molecule has 0 atom stereocenters. The maximum atomic E-state index is 5.62. The van der Waals surface area contributed by atoms with Crippen LogP contribution in [0, 0.1) is 0 Å². The minimum atomic E-state index is 0.438. The molecule has 0 aliphatic carbocycles. The first kappa shape index (κ1) is 11.8. The van der Waals surface area contributed by atoms with Crippen molar-refractivity contribution in [3.8, 4) is 0 Å². The summed E-state index contributed by atoms with van der Waals surface area (Å²) >= 11 is 4.98. The number of thiocarbonyl (C=S) groups is 1. The van der Waals surface area contributed by atoms with Crippen molar-refractivity contribution in [2.75, 3.05) is 0 Å². The van der Waals surface area contributed by atoms with Gasteiger partial charge in [-0.2, -0.15) is 0 Å². The number of benzene rings is 1. The zero-order valence-electron chi connectivity index (χ0n) is 9.76. The molecule has 0 saturated heterocycles. The van der Waals surface area contributed by atoms with E-state index in [0.29, 0.717) is 4.99 Å². The Bertz CT molecular complexity index is 531. The van der Waals surface area contributed by atoms with Crippen molar-refractivity contribution in [1.82, 2.24) is 9.55 Å². The Morgan fingerprint density at radius 3 is 3.00 bits per heavy atom. The van der Waals surface area contributed by atoms with Crippen LogP contribution in [0.1, 0.15) is 23.9 Å². The Hall–Kier alpha value is -1.68. The first-order valence-corrected chi connectivity index (χ1v) is 6.00. The highest BCUT2D eigenvalue weighted by Gasteiger charge is 2.03. The molecule has 0 aliphatic heterocycles. The molecule has 2 rings (SSSR count). The minimum absolute atomic E-state index is 0.438. The molecule has 2 aromatic rings. The fourth-order valence-corrected chi connectivity index (χ4v) is 1.94. The predicted molar refractivity (Wildman–Crippen MR) is 73.0 cm³/mol. The standard InChI is InChI=1S/C13H15N3S/c1-2-12-15-6-7-16(12)9-10-4-3-5-11(8-10)13(14)17/h3-8H,2,9H2,1H3,(H2,14,17). The van der Waals surface area contributed by atoms with Crippen LogP contribution in [0.4, 0.5) is 0 Å². The van der Waals surface area contributed by atoms with Gasteiger partial charge < -0.3 is 10.3 Å². The summed E-state index contributed by atoms with van der Waals surface area (Å²) in [7, 11) is 0. The van der Waals surface area contributed by atoms with Gasteiger partial charge in [-0.15, -0.1) is 0 Å². The second-order valence-electron chi connectivity index (χ2n) is 3.89. The molecule has 0 unspecified atom stereocenters. The number of imidazole rings is 1. The molecule has 0 fully saturated rings. The van der Waals surface area contributed by atoms with E-state index in [0.717, 1.165) is 24.4 Å². The fourth-order valence-electron chi connectivity index (χ4n) is 1.82. The molecule has 3 nitrogen and oxygen atoms in total. The summed E-state index contributed by atoms with van der Waals surface area (Å²) < 4.78 is 2.14. The lowest BCUT2D eigenvalue weighted by Gasteiger charge is -2.08. The predicted octanol–water partition coefficient (Wildman–Crippen LogP) is 2.13. The van der Waals surface area contributed by atoms with Crippen molar-refractivity contribution in [1.29, 1.82) is 0 Å². The Kier molecular flexibility index (Phi) is 3.54. The maximum Gasteiger partial charge on any atom is 0.108 e. The van der Waals surface area contributed by atoms with Crippen molar-refractivity contribution in [2.24, 2.45) is 5.73 Å². The average molecular weight is 245 g/mol. The van der Waals surface area contributed by atoms with Crippen molar-refractivity contribution < 1.29 is 0 Å². The average Bonchev–Trinajstić information content (AvgIpc) is 2.76. The van der Waals surface area contributed by atoms with Crippen molar-refractivity contribution in [3.63, 3.8) is 0 Å². The Labute approximate surface area is 106 Å². The van der Waals surface area contributed by atoms with E-state index in [2.05, 4.69) is 22.5 Å². The van der Waals surface area contributed by atoms with Crippen LogP contribution in [0.5, 0.6) is 0 Å². The van der Waals surface area contributed by atoms with Crippen LogP contribution in [0.25, 0.3) is 0 Å². The van der Waals surface area contributed by atoms with E-state index >= 15 is 0 Å². The summed E-state index contributed by atoms with van der Waals surface area (Å²) in [6, 6.07) is 8.01. The van der Waals surface area contributed by atoms with E-state index in [1.54, 1.807) is 0 Å². The smallest absolute Gasteiger partial charge is 0.108 e. The SMILES string of the molecule is CCc1nccn1Cc1cccc(C(N)=S)c1. The topological polar surface area (TPSA) is 43.8 Å². The van der Waals surface area contributed by atoms with Crippen LogP contribution in [0.2, 0.25) is 0 Å². The third kappa shape index (κ3) is 2.71. The quantitative estimate of drug-likeness (QED) is 0.839. The highest BCUT2D eigenvalue weighted by Crippen LogP contribution is 2.09. The van der Waals surface area contributed by atoms with Gasteiger partial charge >= 0.3 is 0 Å². The molecule has 0 aliphatic rings. The lowest BCUT2D eigenvalue weighted by Crippen LogP contribution is -2.10. The second-order valence-corrected chi connectivity index (χ2v) is 4.33. The second kappa shape index (κ2) is 5.10. The van der Waals surface area contributed by atoms with Crippen LogP contribution in [-0.4, -0.2) is 14.5 Å². The van der Waals surface area contributed by atoms with Gasteiger partial charge in [-0.3, -0.25) is 0 Å². The highest BCUT2D eigenvalue weighted by atomic mass is 32.1. The maximum absolute atomic E-state index is 5.62. The highest BCUT2D eigenvalue weighted by molar-refractivity contribution is 7.80. The number of aryl methyl sites for hydroxylation is 1. The monoisotopic (exact) mass is 245 g/mol. The summed E-state index contributed by atoms with van der Waals surface area (Å²) in [5, 5.41) is 0. The van der Waals surface area contributed by atoms with Gasteiger partial charge in [0, 0.05) is 30.9 Å². The van der Waals surface area contributed by atoms with E-state index in [1.165, 1.54) is 5.56 Å². The van der Waals surface area contributed by atoms with Crippen LogP contribution in [0.3, 0.4) is 0 Å². The van der Waals surface area contributed by atoms with Gasteiger partial charge in [-0.25, -0.2) is 4.98 Å². The molecule has 1 aromatic carbocycles. The van der Waals surface area contributed by atoms with Crippen molar-refractivity contribution in [2.45, 2.75) is 19.9 Å². The fraction of sp³-hybridized carbons (Fsp3) is 0.231. The van der Waals surface area contributed by atoms with Crippen LogP contribution in [0.15, 0.2) is 36.7 Å². The molecule has 1 aromatic heterocycles. The molecule has 2 N–H and O–H groups in total. The minimum Gasteiger partial charge on any atom is -0.389 e. The van der Waals surface area contributed by atoms with E-state index in [1.807, 2.05) is 30.6 Å². The summed E-state index contributed by atoms with van der Waals surface area (Å²) in [4.78, 5) is 4.74. The van der Waals surface area contributed by atoms with E-state index in [9.17, 15) is 0 Å². The molecule has 0 radical (unpaired) electrons.